The number of ether oxygens (including phenoxy) is 3. The van der Waals surface area contributed by atoms with E-state index >= 15 is 0 Å². The van der Waals surface area contributed by atoms with Gasteiger partial charge in [0, 0.05) is 6.42 Å². The molecule has 0 aliphatic heterocycles. The van der Waals surface area contributed by atoms with Crippen molar-refractivity contribution >= 4 is 35.8 Å². The lowest BCUT2D eigenvalue weighted by molar-refractivity contribution is -0.166. The van der Waals surface area contributed by atoms with Crippen LogP contribution in [-0.4, -0.2) is 108 Å². The van der Waals surface area contributed by atoms with E-state index in [-0.39, 0.29) is 18.7 Å². The fourth-order valence-electron chi connectivity index (χ4n) is 5.33. The van der Waals surface area contributed by atoms with Crippen molar-refractivity contribution < 1.29 is 53.2 Å². The Kier molecular flexibility index (Phi) is 35.1. The predicted octanol–water partition coefficient (Wildman–Crippen LogP) is 1.52. The van der Waals surface area contributed by atoms with E-state index in [9.17, 15) is 28.8 Å². The van der Waals surface area contributed by atoms with Crippen LogP contribution in [0, 0.1) is 0 Å². The van der Waals surface area contributed by atoms with E-state index in [0.29, 0.717) is 32.4 Å². The third-order valence-corrected chi connectivity index (χ3v) is 9.22. The molecule has 0 aromatic rings. The minimum Gasteiger partial charge on any atom is -0.480 e. The lowest BCUT2D eigenvalue weighted by atomic mass is 10.0. The maximum Gasteiger partial charge on any atom is 0.336 e. The maximum absolute atomic E-state index is 12.7. The normalized spacial score (nSPS) is 14.7. The van der Waals surface area contributed by atoms with Gasteiger partial charge in [0.25, 0.3) is 0 Å². The summed E-state index contributed by atoms with van der Waals surface area (Å²) in [5, 5.41) is 20.2. The molecule has 0 unspecified atom stereocenters. The van der Waals surface area contributed by atoms with Crippen molar-refractivity contribution in [3.8, 4) is 0 Å². The Bertz CT molecular complexity index is 1120. The fourth-order valence-corrected chi connectivity index (χ4v) is 5.33. The summed E-state index contributed by atoms with van der Waals surface area (Å²) < 4.78 is 14.7. The van der Waals surface area contributed by atoms with Crippen LogP contribution in [0.2, 0.25) is 0 Å². The second-order valence-electron chi connectivity index (χ2n) is 14.5. The highest BCUT2D eigenvalue weighted by Crippen LogP contribution is 2.14. The SMILES string of the molecule is CCCCCCCCCCCCCCCC(=O)N[C@@H](CCCCN)C(=O)OC(=O)[C@@H](N)[C@@H](C)OC(=O)[C@@H](N)CO.C[C@@H](OC(=O)[C@@H](N)CCCCN)[C@H](N)C(=O)O. The molecule has 334 valence electrons. The molecule has 0 aliphatic carbocycles. The van der Waals surface area contributed by atoms with Gasteiger partial charge in [0.2, 0.25) is 5.91 Å². The van der Waals surface area contributed by atoms with Crippen LogP contribution in [0.15, 0.2) is 0 Å². The number of esters is 4. The number of carbonyl (C=O) groups excluding carboxylic acids is 5. The van der Waals surface area contributed by atoms with Crippen LogP contribution in [0.25, 0.3) is 0 Å². The van der Waals surface area contributed by atoms with E-state index < -0.39 is 78.9 Å². The number of amides is 1. The fraction of sp³-hybridized carbons (Fsp3) is 0.846. The summed E-state index contributed by atoms with van der Waals surface area (Å²) in [5.74, 6) is -5.10. The highest BCUT2D eigenvalue weighted by atomic mass is 16.6. The first-order valence-electron chi connectivity index (χ1n) is 20.8. The molecule has 18 heteroatoms. The largest absolute Gasteiger partial charge is 0.480 e. The second kappa shape index (κ2) is 35.9. The van der Waals surface area contributed by atoms with E-state index in [1.54, 1.807) is 0 Å². The Hall–Kier alpha value is -3.26. The third-order valence-electron chi connectivity index (χ3n) is 9.22. The zero-order chi connectivity index (χ0) is 43.6. The van der Waals surface area contributed by atoms with Crippen LogP contribution in [0.5, 0.6) is 0 Å². The second-order valence-corrected chi connectivity index (χ2v) is 14.5. The van der Waals surface area contributed by atoms with Crippen molar-refractivity contribution in [1.29, 1.82) is 0 Å². The van der Waals surface area contributed by atoms with Crippen molar-refractivity contribution in [2.45, 2.75) is 192 Å². The molecule has 18 nitrogen and oxygen atoms in total. The average molecular weight is 820 g/mol. The van der Waals surface area contributed by atoms with Crippen LogP contribution in [0.4, 0.5) is 0 Å². The summed E-state index contributed by atoms with van der Waals surface area (Å²) in [6.45, 7) is 5.34. The summed E-state index contributed by atoms with van der Waals surface area (Å²) in [7, 11) is 0. The Labute approximate surface area is 339 Å². The number of aliphatic hydroxyl groups excluding tert-OH is 1. The molecule has 0 radical (unpaired) electrons. The summed E-state index contributed by atoms with van der Waals surface area (Å²) in [5.41, 5.74) is 32.9. The monoisotopic (exact) mass is 820 g/mol. The number of unbranched alkanes of at least 4 members (excludes halogenated alkanes) is 14. The van der Waals surface area contributed by atoms with Crippen molar-refractivity contribution in [3.63, 3.8) is 0 Å². The average Bonchev–Trinajstić information content (AvgIpc) is 3.18. The number of nitrogens with two attached hydrogens (primary N) is 6. The first-order valence-corrected chi connectivity index (χ1v) is 20.8. The molecule has 0 heterocycles. The minimum absolute atomic E-state index is 0.263. The van der Waals surface area contributed by atoms with Crippen LogP contribution in [0.3, 0.4) is 0 Å². The Morgan fingerprint density at radius 3 is 1.46 bits per heavy atom. The van der Waals surface area contributed by atoms with Crippen LogP contribution < -0.4 is 39.7 Å². The van der Waals surface area contributed by atoms with E-state index in [2.05, 4.69) is 12.2 Å². The summed E-state index contributed by atoms with van der Waals surface area (Å²) in [6, 6.07) is -5.74. The van der Waals surface area contributed by atoms with Crippen LogP contribution >= 0.6 is 0 Å². The van der Waals surface area contributed by atoms with Crippen LogP contribution in [0.1, 0.15) is 149 Å². The van der Waals surface area contributed by atoms with Gasteiger partial charge < -0.3 is 64.1 Å². The lowest BCUT2D eigenvalue weighted by Crippen LogP contribution is -2.49. The maximum atomic E-state index is 12.7. The topological polar surface area (TPSA) is 339 Å². The molecule has 0 bridgehead atoms. The van der Waals surface area contributed by atoms with Gasteiger partial charge in [0.05, 0.1) is 6.61 Å². The van der Waals surface area contributed by atoms with Gasteiger partial charge in [-0.3, -0.25) is 19.2 Å². The smallest absolute Gasteiger partial charge is 0.336 e. The van der Waals surface area contributed by atoms with Crippen molar-refractivity contribution in [2.24, 2.45) is 34.4 Å². The summed E-state index contributed by atoms with van der Waals surface area (Å²) in [4.78, 5) is 71.2. The molecule has 15 N–H and O–H groups in total. The zero-order valence-electron chi connectivity index (χ0n) is 34.8. The number of carboxylic acids is 1. The third kappa shape index (κ3) is 29.6. The van der Waals surface area contributed by atoms with Gasteiger partial charge in [-0.15, -0.1) is 0 Å². The van der Waals surface area contributed by atoms with Gasteiger partial charge in [0.15, 0.2) is 0 Å². The van der Waals surface area contributed by atoms with Gasteiger partial charge in [0.1, 0.15) is 42.4 Å². The minimum atomic E-state index is -1.45. The number of carbonyl (C=O) groups is 6. The molecule has 1 amide bonds. The molecule has 0 spiro atoms. The number of nitrogens with one attached hydrogen (secondary N) is 1. The Balaban J connectivity index is 0. The number of rotatable bonds is 33. The van der Waals surface area contributed by atoms with E-state index in [0.717, 1.165) is 38.5 Å². The molecule has 0 aromatic carbocycles. The molecule has 0 saturated heterocycles. The first kappa shape index (κ1) is 55.8. The number of hydrogen-bond donors (Lipinski definition) is 9. The van der Waals surface area contributed by atoms with E-state index in [1.807, 2.05) is 0 Å². The molecule has 57 heavy (non-hydrogen) atoms. The van der Waals surface area contributed by atoms with Crippen molar-refractivity contribution in [1.82, 2.24) is 5.32 Å². The van der Waals surface area contributed by atoms with Gasteiger partial charge in [-0.05, 0) is 65.5 Å². The molecule has 7 atom stereocenters. The zero-order valence-corrected chi connectivity index (χ0v) is 34.8. The Morgan fingerprint density at radius 2 is 1.00 bits per heavy atom. The lowest BCUT2D eigenvalue weighted by Gasteiger charge is -2.22. The first-order chi connectivity index (χ1) is 27.1. The molecule has 0 aromatic heterocycles. The predicted molar refractivity (Wildman–Crippen MR) is 217 cm³/mol. The van der Waals surface area contributed by atoms with Crippen molar-refractivity contribution in [2.75, 3.05) is 19.7 Å². The molecule has 0 rings (SSSR count). The number of aliphatic carboxylic acids is 1. The highest BCUT2D eigenvalue weighted by molar-refractivity contribution is 5.93. The summed E-state index contributed by atoms with van der Waals surface area (Å²) in [6.07, 6.45) is 17.3. The molecular formula is C39H77N7O11. The van der Waals surface area contributed by atoms with Gasteiger partial charge in [-0.2, -0.15) is 0 Å². The molecule has 0 saturated carbocycles. The number of hydrogen-bond acceptors (Lipinski definition) is 16. The van der Waals surface area contributed by atoms with E-state index in [4.69, 9.17) is 58.8 Å². The van der Waals surface area contributed by atoms with Gasteiger partial charge in [-0.1, -0.05) is 90.4 Å². The molecular weight excluding hydrogens is 742 g/mol. The van der Waals surface area contributed by atoms with E-state index in [1.165, 1.54) is 71.6 Å². The standard InChI is InChI=1S/C29H56N4O7.C10H21N3O4/c1-3-4-5-6-7-8-9-10-11-12-13-14-15-19-25(35)33-24(18-16-17-20-30)28(37)40-29(38)26(32)22(2)39-27(36)23(31)21-34;1-6(8(13)9(14)15)17-10(16)7(12)4-2-3-5-11/h22-24,26,34H,3-21,30-32H2,1-2H3,(H,33,35);6-8H,2-5,11-13H2,1H3,(H,14,15)/t22-,23+,24+,26+;6-,7+,8+/m11/s1. The summed E-state index contributed by atoms with van der Waals surface area (Å²) >= 11 is 0. The molecule has 0 aliphatic rings. The highest BCUT2D eigenvalue weighted by Gasteiger charge is 2.32. The number of aliphatic hydroxyl groups is 1. The van der Waals surface area contributed by atoms with Gasteiger partial charge >= 0.3 is 29.8 Å². The quantitative estimate of drug-likeness (QED) is 0.0196. The Morgan fingerprint density at radius 1 is 0.561 bits per heavy atom. The van der Waals surface area contributed by atoms with Crippen LogP contribution in [-0.2, 0) is 43.0 Å². The van der Waals surface area contributed by atoms with Gasteiger partial charge in [-0.25, -0.2) is 9.59 Å². The van der Waals surface area contributed by atoms with Crippen molar-refractivity contribution in [3.05, 3.63) is 0 Å². The number of carboxylic acid groups (broad SMARTS) is 1. The molecule has 0 fully saturated rings.